The van der Waals surface area contributed by atoms with Crippen LogP contribution in [-0.4, -0.2) is 29.5 Å². The van der Waals surface area contributed by atoms with Gasteiger partial charge in [0.1, 0.15) is 11.4 Å². The van der Waals surface area contributed by atoms with E-state index in [0.29, 0.717) is 24.4 Å². The molecule has 0 aliphatic heterocycles. The summed E-state index contributed by atoms with van der Waals surface area (Å²) in [6, 6.07) is 16.8. The summed E-state index contributed by atoms with van der Waals surface area (Å²) in [7, 11) is 1.58. The van der Waals surface area contributed by atoms with Crippen LogP contribution in [0.4, 0.5) is 0 Å². The van der Waals surface area contributed by atoms with Crippen LogP contribution in [0.1, 0.15) is 21.6 Å². The Hall–Kier alpha value is -3.41. The molecule has 0 saturated heterocycles. The number of methoxy groups -OCH3 is 1. The number of rotatable bonds is 6. The molecule has 6 heteroatoms. The van der Waals surface area contributed by atoms with E-state index in [4.69, 9.17) is 4.74 Å². The first-order valence-electron chi connectivity index (χ1n) is 8.65. The predicted molar refractivity (Wildman–Crippen MR) is 104 cm³/mol. The van der Waals surface area contributed by atoms with Crippen LogP contribution < -0.4 is 15.7 Å². The molecule has 0 bridgehead atoms. The highest BCUT2D eigenvalue weighted by Gasteiger charge is 2.10. The zero-order valence-electron chi connectivity index (χ0n) is 15.3. The summed E-state index contributed by atoms with van der Waals surface area (Å²) in [6.07, 6.45) is 0.716. The summed E-state index contributed by atoms with van der Waals surface area (Å²) in [6.45, 7) is 2.51. The Morgan fingerprint density at radius 3 is 2.63 bits per heavy atom. The smallest absolute Gasteiger partial charge is 0.346 e. The Kier molecular flexibility index (Phi) is 5.66. The molecule has 0 atom stereocenters. The van der Waals surface area contributed by atoms with Gasteiger partial charge in [-0.1, -0.05) is 29.8 Å². The fourth-order valence-corrected chi connectivity index (χ4v) is 2.77. The summed E-state index contributed by atoms with van der Waals surface area (Å²) in [5.74, 6) is 0.370. The van der Waals surface area contributed by atoms with Crippen molar-refractivity contribution in [1.82, 2.24) is 15.3 Å². The van der Waals surface area contributed by atoms with Crippen molar-refractivity contribution in [2.75, 3.05) is 13.7 Å². The molecule has 0 radical (unpaired) electrons. The first-order valence-corrected chi connectivity index (χ1v) is 8.65. The van der Waals surface area contributed by atoms with Crippen LogP contribution in [0.5, 0.6) is 5.75 Å². The number of benzene rings is 2. The molecule has 0 aliphatic rings. The number of H-pyrrole nitrogens is 1. The molecule has 1 aromatic heterocycles. The second-order valence-electron chi connectivity index (χ2n) is 6.21. The van der Waals surface area contributed by atoms with Gasteiger partial charge in [-0.05, 0) is 49.2 Å². The molecule has 138 valence electrons. The lowest BCUT2D eigenvalue weighted by Crippen LogP contribution is -2.29. The first kappa shape index (κ1) is 18.4. The number of ether oxygens (including phenoxy) is 1. The Labute approximate surface area is 157 Å². The van der Waals surface area contributed by atoms with E-state index in [-0.39, 0.29) is 11.6 Å². The lowest BCUT2D eigenvalue weighted by molar-refractivity contribution is 0.0948. The summed E-state index contributed by atoms with van der Waals surface area (Å²) in [5, 5.41) is 2.83. The Bertz CT molecular complexity index is 994. The molecule has 1 heterocycles. The minimum Gasteiger partial charge on any atom is -0.497 e. The van der Waals surface area contributed by atoms with Crippen molar-refractivity contribution in [2.24, 2.45) is 0 Å². The minimum absolute atomic E-state index is 0.185. The molecular weight excluding hydrogens is 342 g/mol. The monoisotopic (exact) mass is 363 g/mol. The van der Waals surface area contributed by atoms with Crippen LogP contribution in [0.15, 0.2) is 59.4 Å². The van der Waals surface area contributed by atoms with E-state index in [1.54, 1.807) is 37.4 Å². The number of aromatic nitrogens is 2. The molecule has 6 nitrogen and oxygen atoms in total. The van der Waals surface area contributed by atoms with Crippen molar-refractivity contribution in [3.8, 4) is 17.0 Å². The summed E-state index contributed by atoms with van der Waals surface area (Å²) in [5.41, 5.74) is 3.12. The maximum absolute atomic E-state index is 12.4. The summed E-state index contributed by atoms with van der Waals surface area (Å²) < 4.78 is 5.13. The first-order chi connectivity index (χ1) is 13.0. The molecule has 2 N–H and O–H groups in total. The number of hydrogen-bond acceptors (Lipinski definition) is 4. The second kappa shape index (κ2) is 8.31. The number of carbonyl (C=O) groups is 1. The lowest BCUT2D eigenvalue weighted by Gasteiger charge is -2.08. The topological polar surface area (TPSA) is 84.1 Å². The van der Waals surface area contributed by atoms with Crippen LogP contribution in [0.3, 0.4) is 0 Å². The van der Waals surface area contributed by atoms with Gasteiger partial charge in [0.2, 0.25) is 0 Å². The van der Waals surface area contributed by atoms with Crippen molar-refractivity contribution < 1.29 is 9.53 Å². The largest absolute Gasteiger partial charge is 0.497 e. The van der Waals surface area contributed by atoms with Gasteiger partial charge in [-0.2, -0.15) is 4.98 Å². The Balaban J connectivity index is 1.71. The SMILES string of the molecule is COc1ccc(-c2cc(C(=O)NCCc3cccc(C)c3)[nH]c(=O)n2)cc1. The molecule has 3 rings (SSSR count). The number of hydrogen-bond donors (Lipinski definition) is 2. The van der Waals surface area contributed by atoms with Crippen LogP contribution in [-0.2, 0) is 6.42 Å². The van der Waals surface area contributed by atoms with Gasteiger partial charge in [0.25, 0.3) is 5.91 Å². The van der Waals surface area contributed by atoms with Crippen molar-refractivity contribution in [3.05, 3.63) is 81.9 Å². The summed E-state index contributed by atoms with van der Waals surface area (Å²) in [4.78, 5) is 30.7. The quantitative estimate of drug-likeness (QED) is 0.705. The highest BCUT2D eigenvalue weighted by molar-refractivity contribution is 5.93. The van der Waals surface area contributed by atoms with Crippen molar-refractivity contribution >= 4 is 5.91 Å². The highest BCUT2D eigenvalue weighted by Crippen LogP contribution is 2.20. The third kappa shape index (κ3) is 4.82. The van der Waals surface area contributed by atoms with Gasteiger partial charge in [-0.25, -0.2) is 4.79 Å². The van der Waals surface area contributed by atoms with Gasteiger partial charge in [-0.3, -0.25) is 4.79 Å². The lowest BCUT2D eigenvalue weighted by atomic mass is 10.1. The van der Waals surface area contributed by atoms with Crippen molar-refractivity contribution in [3.63, 3.8) is 0 Å². The fraction of sp³-hybridized carbons (Fsp3) is 0.190. The number of aryl methyl sites for hydroxylation is 1. The van der Waals surface area contributed by atoms with Crippen LogP contribution in [0.2, 0.25) is 0 Å². The van der Waals surface area contributed by atoms with E-state index in [1.165, 1.54) is 5.56 Å². The standard InChI is InChI=1S/C21H21N3O3/c1-14-4-3-5-15(12-14)10-11-22-20(25)19-13-18(23-21(26)24-19)16-6-8-17(27-2)9-7-16/h3-9,12-13H,10-11H2,1-2H3,(H,22,25)(H,23,24,26). The van der Waals surface area contributed by atoms with E-state index in [0.717, 1.165) is 11.1 Å². The molecule has 0 spiro atoms. The highest BCUT2D eigenvalue weighted by atomic mass is 16.5. The molecule has 0 aliphatic carbocycles. The maximum Gasteiger partial charge on any atom is 0.346 e. The molecule has 3 aromatic rings. The average molecular weight is 363 g/mol. The molecule has 0 saturated carbocycles. The molecule has 0 unspecified atom stereocenters. The van der Waals surface area contributed by atoms with Crippen LogP contribution in [0.25, 0.3) is 11.3 Å². The van der Waals surface area contributed by atoms with E-state index in [9.17, 15) is 9.59 Å². The fourth-order valence-electron chi connectivity index (χ4n) is 2.77. The van der Waals surface area contributed by atoms with E-state index >= 15 is 0 Å². The maximum atomic E-state index is 12.4. The van der Waals surface area contributed by atoms with E-state index < -0.39 is 5.69 Å². The predicted octanol–water partition coefficient (Wildman–Crippen LogP) is 2.73. The van der Waals surface area contributed by atoms with Crippen molar-refractivity contribution in [2.45, 2.75) is 13.3 Å². The van der Waals surface area contributed by atoms with Crippen molar-refractivity contribution in [1.29, 1.82) is 0 Å². The zero-order chi connectivity index (χ0) is 19.2. The Morgan fingerprint density at radius 2 is 1.93 bits per heavy atom. The van der Waals surface area contributed by atoms with Gasteiger partial charge >= 0.3 is 5.69 Å². The minimum atomic E-state index is -0.563. The van der Waals surface area contributed by atoms with E-state index in [1.807, 2.05) is 25.1 Å². The van der Waals surface area contributed by atoms with Gasteiger partial charge in [0.15, 0.2) is 0 Å². The van der Waals surface area contributed by atoms with Gasteiger partial charge in [-0.15, -0.1) is 0 Å². The molecular formula is C21H21N3O3. The zero-order valence-corrected chi connectivity index (χ0v) is 15.3. The number of aromatic amines is 1. The van der Waals surface area contributed by atoms with Gasteiger partial charge < -0.3 is 15.0 Å². The normalized spacial score (nSPS) is 10.4. The number of carbonyl (C=O) groups excluding carboxylic acids is 1. The number of nitrogens with one attached hydrogen (secondary N) is 2. The molecule has 1 amide bonds. The van der Waals surface area contributed by atoms with Gasteiger partial charge in [0.05, 0.1) is 12.8 Å². The van der Waals surface area contributed by atoms with Crippen LogP contribution in [0, 0.1) is 6.92 Å². The molecule has 2 aromatic carbocycles. The average Bonchev–Trinajstić information content (AvgIpc) is 2.67. The third-order valence-corrected chi connectivity index (χ3v) is 4.16. The summed E-state index contributed by atoms with van der Waals surface area (Å²) >= 11 is 0. The van der Waals surface area contributed by atoms with Crippen LogP contribution >= 0.6 is 0 Å². The second-order valence-corrected chi connectivity index (χ2v) is 6.21. The van der Waals surface area contributed by atoms with E-state index in [2.05, 4.69) is 21.4 Å². The molecule has 0 fully saturated rings. The molecule has 27 heavy (non-hydrogen) atoms. The number of amides is 1. The Morgan fingerprint density at radius 1 is 1.15 bits per heavy atom. The van der Waals surface area contributed by atoms with Gasteiger partial charge in [0, 0.05) is 12.1 Å². The third-order valence-electron chi connectivity index (χ3n) is 4.16. The number of nitrogens with zero attached hydrogens (tertiary/aromatic N) is 1.